The average Bonchev–Trinajstić information content (AvgIpc) is 3.92. The minimum atomic E-state index is -0.366. The van der Waals surface area contributed by atoms with Crippen LogP contribution in [0.1, 0.15) is 44.0 Å². The highest BCUT2D eigenvalue weighted by atomic mass is 32.2. The van der Waals surface area contributed by atoms with Crippen LogP contribution in [0.15, 0.2) is 93.8 Å². The SMILES string of the molecule is COc1cccc([C@H]2CC(c3cccs3)=NN2C(=O)CSc2nnc(CNC(=O)c3cccs3)n2CCc2ccccc2)c1OC. The Balaban J connectivity index is 1.23. The molecule has 1 aliphatic rings. The summed E-state index contributed by atoms with van der Waals surface area (Å²) in [6.07, 6.45) is 1.28. The molecule has 0 spiro atoms. The Hall–Kier alpha value is -4.46. The van der Waals surface area contributed by atoms with E-state index in [0.29, 0.717) is 40.3 Å². The molecular formula is C33H32N6O4S3. The lowest BCUT2D eigenvalue weighted by Crippen LogP contribution is -2.29. The van der Waals surface area contributed by atoms with Gasteiger partial charge in [0.1, 0.15) is 0 Å². The summed E-state index contributed by atoms with van der Waals surface area (Å²) >= 11 is 4.28. The molecule has 0 unspecified atom stereocenters. The number of para-hydroxylation sites is 1. The topological polar surface area (TPSA) is 111 Å². The maximum absolute atomic E-state index is 13.9. The minimum Gasteiger partial charge on any atom is -0.493 e. The Kier molecular flexibility index (Phi) is 10.1. The number of benzene rings is 2. The van der Waals surface area contributed by atoms with E-state index in [2.05, 4.69) is 27.6 Å². The van der Waals surface area contributed by atoms with Gasteiger partial charge in [0.2, 0.25) is 0 Å². The number of nitrogens with one attached hydrogen (secondary N) is 1. The summed E-state index contributed by atoms with van der Waals surface area (Å²) in [5.74, 6) is 1.55. The number of amides is 2. The first-order valence-electron chi connectivity index (χ1n) is 14.6. The van der Waals surface area contributed by atoms with Gasteiger partial charge in [-0.25, -0.2) is 5.01 Å². The number of carbonyl (C=O) groups excluding carboxylic acids is 2. The van der Waals surface area contributed by atoms with E-state index in [1.807, 2.05) is 69.9 Å². The zero-order valence-electron chi connectivity index (χ0n) is 25.3. The Morgan fingerprint density at radius 3 is 2.52 bits per heavy atom. The highest BCUT2D eigenvalue weighted by Gasteiger charge is 2.36. The molecule has 4 heterocycles. The second-order valence-electron chi connectivity index (χ2n) is 10.3. The summed E-state index contributed by atoms with van der Waals surface area (Å²) in [6, 6.07) is 23.1. The van der Waals surface area contributed by atoms with Crippen molar-refractivity contribution in [2.75, 3.05) is 20.0 Å². The van der Waals surface area contributed by atoms with Crippen molar-refractivity contribution < 1.29 is 19.1 Å². The van der Waals surface area contributed by atoms with E-state index in [4.69, 9.17) is 14.6 Å². The molecule has 0 bridgehead atoms. The van der Waals surface area contributed by atoms with Crippen molar-refractivity contribution in [1.29, 1.82) is 0 Å². The number of nitrogens with zero attached hydrogens (tertiary/aromatic N) is 5. The zero-order valence-corrected chi connectivity index (χ0v) is 27.7. The number of methoxy groups -OCH3 is 2. The summed E-state index contributed by atoms with van der Waals surface area (Å²) in [6.45, 7) is 0.803. The summed E-state index contributed by atoms with van der Waals surface area (Å²) in [7, 11) is 3.20. The van der Waals surface area contributed by atoms with Crippen LogP contribution in [0.4, 0.5) is 0 Å². The summed E-state index contributed by atoms with van der Waals surface area (Å²) in [4.78, 5) is 28.2. The van der Waals surface area contributed by atoms with Crippen LogP contribution >= 0.6 is 34.4 Å². The van der Waals surface area contributed by atoms with Crippen molar-refractivity contribution in [1.82, 2.24) is 25.1 Å². The van der Waals surface area contributed by atoms with E-state index < -0.39 is 0 Å². The first kappa shape index (κ1) is 31.5. The standard InChI is InChI=1S/C33H32N6O4S3/c1-42-26-12-6-11-23(31(26)43-2)25-19-24(27-13-7-17-44-27)37-39(25)30(40)21-46-33-36-35-29(20-34-32(41)28-14-8-18-45-28)38(33)16-15-22-9-4-3-5-10-22/h3-14,17-18,25H,15-16,19-21H2,1-2H3,(H,34,41)/t25-/m1/s1. The monoisotopic (exact) mass is 672 g/mol. The Morgan fingerprint density at radius 2 is 1.78 bits per heavy atom. The maximum Gasteiger partial charge on any atom is 0.261 e. The molecule has 1 N–H and O–H groups in total. The molecule has 0 fully saturated rings. The number of thioether (sulfide) groups is 1. The summed E-state index contributed by atoms with van der Waals surface area (Å²) in [5, 5.41) is 22.6. The van der Waals surface area contributed by atoms with Crippen LogP contribution in [-0.2, 0) is 24.3 Å². The fourth-order valence-electron chi connectivity index (χ4n) is 5.26. The lowest BCUT2D eigenvalue weighted by molar-refractivity contribution is -0.130. The number of hydrazone groups is 1. The van der Waals surface area contributed by atoms with Gasteiger partial charge >= 0.3 is 0 Å². The van der Waals surface area contributed by atoms with Crippen LogP contribution in [0.2, 0.25) is 0 Å². The highest BCUT2D eigenvalue weighted by molar-refractivity contribution is 7.99. The second kappa shape index (κ2) is 14.8. The molecule has 1 atom stereocenters. The quantitative estimate of drug-likeness (QED) is 0.151. The molecule has 0 saturated heterocycles. The van der Waals surface area contributed by atoms with Crippen molar-refractivity contribution in [2.45, 2.75) is 37.1 Å². The molecule has 0 radical (unpaired) electrons. The van der Waals surface area contributed by atoms with Crippen molar-refractivity contribution in [3.63, 3.8) is 0 Å². The number of hydrogen-bond donors (Lipinski definition) is 1. The van der Waals surface area contributed by atoms with Crippen LogP contribution in [0.5, 0.6) is 11.5 Å². The number of carbonyl (C=O) groups is 2. The smallest absolute Gasteiger partial charge is 0.261 e. The molecule has 3 aromatic heterocycles. The van der Waals surface area contributed by atoms with Gasteiger partial charge < -0.3 is 19.4 Å². The molecule has 10 nitrogen and oxygen atoms in total. The number of ether oxygens (including phenoxy) is 2. The van der Waals surface area contributed by atoms with E-state index in [9.17, 15) is 9.59 Å². The molecule has 2 amide bonds. The Bertz CT molecular complexity index is 1810. The molecule has 5 aromatic rings. The number of aromatic nitrogens is 3. The predicted octanol–water partition coefficient (Wildman–Crippen LogP) is 6.06. The first-order valence-corrected chi connectivity index (χ1v) is 17.3. The third kappa shape index (κ3) is 7.01. The van der Waals surface area contributed by atoms with E-state index in [1.165, 1.54) is 28.7 Å². The molecule has 13 heteroatoms. The van der Waals surface area contributed by atoms with Crippen LogP contribution < -0.4 is 14.8 Å². The number of thiophene rings is 2. The Labute approximate surface area is 279 Å². The highest BCUT2D eigenvalue weighted by Crippen LogP contribution is 2.42. The van der Waals surface area contributed by atoms with Gasteiger partial charge in [-0.05, 0) is 40.9 Å². The molecule has 6 rings (SSSR count). The number of hydrogen-bond acceptors (Lipinski definition) is 10. The Morgan fingerprint density at radius 1 is 0.957 bits per heavy atom. The third-order valence-electron chi connectivity index (χ3n) is 7.50. The first-order chi connectivity index (χ1) is 22.6. The van der Waals surface area contributed by atoms with Gasteiger partial charge in [0.15, 0.2) is 22.5 Å². The van der Waals surface area contributed by atoms with Gasteiger partial charge in [0.25, 0.3) is 11.8 Å². The van der Waals surface area contributed by atoms with Gasteiger partial charge in [-0.2, -0.15) is 5.10 Å². The predicted molar refractivity (Wildman–Crippen MR) is 181 cm³/mol. The largest absolute Gasteiger partial charge is 0.493 e. The van der Waals surface area contributed by atoms with E-state index in [1.54, 1.807) is 36.6 Å². The number of rotatable bonds is 13. The molecule has 0 aliphatic carbocycles. The second-order valence-corrected chi connectivity index (χ2v) is 13.1. The van der Waals surface area contributed by atoms with Gasteiger partial charge in [0, 0.05) is 18.5 Å². The van der Waals surface area contributed by atoms with Crippen LogP contribution in [0, 0.1) is 0 Å². The van der Waals surface area contributed by atoms with E-state index in [0.717, 1.165) is 22.6 Å². The summed E-state index contributed by atoms with van der Waals surface area (Å²) < 4.78 is 13.3. The molecule has 1 aliphatic heterocycles. The molecular weight excluding hydrogens is 641 g/mol. The molecule has 236 valence electrons. The van der Waals surface area contributed by atoms with Crippen molar-refractivity contribution >= 4 is 52.0 Å². The molecule has 0 saturated carbocycles. The lowest BCUT2D eigenvalue weighted by Gasteiger charge is -2.24. The molecule has 46 heavy (non-hydrogen) atoms. The van der Waals surface area contributed by atoms with Crippen LogP contribution in [0.3, 0.4) is 0 Å². The van der Waals surface area contributed by atoms with Crippen LogP contribution in [0.25, 0.3) is 0 Å². The van der Waals surface area contributed by atoms with E-state index in [-0.39, 0.29) is 30.2 Å². The fraction of sp³-hybridized carbons (Fsp3) is 0.242. The maximum atomic E-state index is 13.9. The number of aryl methyl sites for hydroxylation is 1. The zero-order chi connectivity index (χ0) is 31.9. The lowest BCUT2D eigenvalue weighted by atomic mass is 9.99. The molecule has 2 aromatic carbocycles. The van der Waals surface area contributed by atoms with Crippen LogP contribution in [-0.4, -0.2) is 57.3 Å². The fourth-order valence-corrected chi connectivity index (χ4v) is 7.46. The summed E-state index contributed by atoms with van der Waals surface area (Å²) in [5.41, 5.74) is 2.84. The minimum absolute atomic E-state index is 0.0923. The normalized spacial score (nSPS) is 14.3. The van der Waals surface area contributed by atoms with Crippen molar-refractivity contribution in [3.05, 3.63) is 110 Å². The van der Waals surface area contributed by atoms with Gasteiger partial charge in [0.05, 0.1) is 48.0 Å². The van der Waals surface area contributed by atoms with Gasteiger partial charge in [-0.15, -0.1) is 32.9 Å². The van der Waals surface area contributed by atoms with Gasteiger partial charge in [-0.3, -0.25) is 9.59 Å². The van der Waals surface area contributed by atoms with E-state index >= 15 is 0 Å². The average molecular weight is 673 g/mol. The van der Waals surface area contributed by atoms with Crippen molar-refractivity contribution in [3.8, 4) is 11.5 Å². The van der Waals surface area contributed by atoms with Gasteiger partial charge in [-0.1, -0.05) is 66.4 Å². The third-order valence-corrected chi connectivity index (χ3v) is 10.2. The van der Waals surface area contributed by atoms with Crippen molar-refractivity contribution in [2.24, 2.45) is 5.10 Å².